The zero-order valence-electron chi connectivity index (χ0n) is 29.7. The number of hydrogen-bond donors (Lipinski definition) is 0. The third kappa shape index (κ3) is 31.1. The summed E-state index contributed by atoms with van der Waals surface area (Å²) in [5.41, 5.74) is -6.72. The van der Waals surface area contributed by atoms with Crippen LogP contribution in [0.15, 0.2) is 0 Å². The van der Waals surface area contributed by atoms with Crippen LogP contribution in [0.3, 0.4) is 0 Å². The fourth-order valence-corrected chi connectivity index (χ4v) is 6.64. The van der Waals surface area contributed by atoms with Crippen LogP contribution >= 0.6 is 11.6 Å². The molecule has 0 aromatic rings. The predicted molar refractivity (Wildman–Crippen MR) is 167 cm³/mol. The van der Waals surface area contributed by atoms with Gasteiger partial charge in [0, 0.05) is 0 Å². The van der Waals surface area contributed by atoms with E-state index in [-0.39, 0.29) is 64.9 Å². The third-order valence-electron chi connectivity index (χ3n) is 6.83. The van der Waals surface area contributed by atoms with Crippen LogP contribution in [0.2, 0.25) is 0 Å². The molecule has 0 saturated heterocycles. The summed E-state index contributed by atoms with van der Waals surface area (Å²) in [7, 11) is 0.118. The van der Waals surface area contributed by atoms with Gasteiger partial charge in [-0.15, -0.1) is 11.6 Å². The molecule has 0 fully saturated rings. The molecule has 0 aliphatic carbocycles. The number of unbranched alkanes of at least 4 members (excludes halogenated alkanes) is 2. The van der Waals surface area contributed by atoms with E-state index in [0.717, 1.165) is 6.54 Å². The Bertz CT molecular complexity index is 1190. The summed E-state index contributed by atoms with van der Waals surface area (Å²) in [5.74, 6) is -4.02. The maximum atomic E-state index is 13.3. The van der Waals surface area contributed by atoms with Gasteiger partial charge in [-0.25, -0.2) is 25.6 Å². The largest absolute Gasteiger partial charge is 1.00 e. The number of carbonyl (C=O) groups excluding carboxylic acids is 2. The molecule has 50 heavy (non-hydrogen) atoms. The van der Waals surface area contributed by atoms with E-state index in [4.69, 9.17) is 9.90 Å². The van der Waals surface area contributed by atoms with Gasteiger partial charge >= 0.3 is 41.9 Å². The molecule has 22 heteroatoms. The summed E-state index contributed by atoms with van der Waals surface area (Å²) >= 11 is 4.67. The molecule has 0 radical (unpaired) electrons. The van der Waals surface area contributed by atoms with Gasteiger partial charge in [0.1, 0.15) is 26.2 Å². The van der Waals surface area contributed by atoms with E-state index >= 15 is 0 Å². The second kappa shape index (κ2) is 24.7. The number of alkyl halides is 9. The molecule has 0 bridgehead atoms. The molecule has 0 aromatic carbocycles. The summed E-state index contributed by atoms with van der Waals surface area (Å²) in [6, 6.07) is 0. The van der Waals surface area contributed by atoms with Crippen molar-refractivity contribution in [3.63, 3.8) is 0 Å². The van der Waals surface area contributed by atoms with Gasteiger partial charge in [0.05, 0.1) is 61.5 Å². The molecule has 2 unspecified atom stereocenters. The van der Waals surface area contributed by atoms with Crippen LogP contribution in [0.4, 0.5) is 35.1 Å². The Kier molecular flexibility index (Phi) is 27.8. The first-order valence-corrected chi connectivity index (χ1v) is 19.2. The number of hydrogen-bond acceptors (Lipinski definition) is 9. The van der Waals surface area contributed by atoms with Crippen LogP contribution in [0.5, 0.6) is 0 Å². The van der Waals surface area contributed by atoms with Crippen LogP contribution < -0.4 is 39.8 Å². The van der Waals surface area contributed by atoms with E-state index in [9.17, 15) is 61.9 Å². The Morgan fingerprint density at radius 3 is 1.26 bits per heavy atom. The van der Waals surface area contributed by atoms with Gasteiger partial charge in [0.15, 0.2) is 0 Å². The number of sulfone groups is 2. The quantitative estimate of drug-likeness (QED) is 0.0508. The number of likely N-dealkylation sites (N-methyl/N-ethyl adjacent to an activating group) is 1. The maximum Gasteiger partial charge on any atom is 1.00 e. The van der Waals surface area contributed by atoms with E-state index in [1.165, 1.54) is 0 Å². The Hall–Kier alpha value is -0.510. The van der Waals surface area contributed by atoms with E-state index in [1.807, 2.05) is 19.0 Å². The first kappa shape index (κ1) is 56.2. The number of carboxylic acids is 2. The number of halogens is 9. The first-order valence-electron chi connectivity index (χ1n) is 15.1. The van der Waals surface area contributed by atoms with Gasteiger partial charge in [-0.05, 0) is 85.9 Å². The number of rotatable bonds is 21. The van der Waals surface area contributed by atoms with E-state index in [1.54, 1.807) is 14.1 Å². The summed E-state index contributed by atoms with van der Waals surface area (Å²) < 4.78 is 147. The van der Waals surface area contributed by atoms with Gasteiger partial charge in [-0.1, -0.05) is 0 Å². The molecular formula is C28H50ClF8N2NaO8S2. The summed E-state index contributed by atoms with van der Waals surface area (Å²) in [6.45, 7) is 1.83. The minimum absolute atomic E-state index is 0. The molecule has 0 aliphatic rings. The molecule has 0 heterocycles. The number of carboxylic acid groups (broad SMARTS) is 2. The van der Waals surface area contributed by atoms with Crippen LogP contribution in [0.1, 0.15) is 65.2 Å². The molecule has 0 rings (SSSR count). The zero-order valence-corrected chi connectivity index (χ0v) is 34.1. The molecule has 0 aliphatic heterocycles. The maximum absolute atomic E-state index is 13.3. The van der Waals surface area contributed by atoms with Crippen molar-refractivity contribution in [2.45, 2.75) is 88.9 Å². The second-order valence-corrected chi connectivity index (χ2v) is 17.7. The van der Waals surface area contributed by atoms with Crippen molar-refractivity contribution < 1.29 is 106 Å². The van der Waals surface area contributed by atoms with Crippen molar-refractivity contribution in [3.8, 4) is 0 Å². The van der Waals surface area contributed by atoms with Crippen LogP contribution in [-0.4, -0.2) is 139 Å². The minimum atomic E-state index is -5.01. The van der Waals surface area contributed by atoms with Crippen LogP contribution in [0, 0.1) is 0 Å². The smallest absolute Gasteiger partial charge is 0.549 e. The normalized spacial score (nSPS) is 15.0. The SMILES string of the molecule is CC(F)(CCCS(=O)(=O)CCCC[N+](C)(C)CC(=O)[O-])C(F)(F)F.CN(C)CCCCS(=O)(=O)CCCC(C)(F)C(F)(F)F.O=C([O-])CCl.[Na+]. The van der Waals surface area contributed by atoms with Crippen molar-refractivity contribution in [2.24, 2.45) is 0 Å². The first-order chi connectivity index (χ1) is 21.7. The number of quaternary nitrogens is 1. The summed E-state index contributed by atoms with van der Waals surface area (Å²) in [6.07, 6.45) is -10.5. The van der Waals surface area contributed by atoms with Crippen molar-refractivity contribution in [3.05, 3.63) is 0 Å². The Morgan fingerprint density at radius 2 is 0.980 bits per heavy atom. The zero-order chi connectivity index (χ0) is 39.5. The van der Waals surface area contributed by atoms with Crippen molar-refractivity contribution in [2.75, 3.05) is 76.7 Å². The van der Waals surface area contributed by atoms with E-state index in [2.05, 4.69) is 11.6 Å². The average Bonchev–Trinajstić information content (AvgIpc) is 2.87. The number of nitrogens with zero attached hydrogens (tertiary/aromatic N) is 2. The Labute approximate surface area is 318 Å². The van der Waals surface area contributed by atoms with Gasteiger partial charge < -0.3 is 29.2 Å². The molecule has 0 amide bonds. The second-order valence-electron chi connectivity index (χ2n) is 12.8. The number of aliphatic carboxylic acids is 2. The van der Waals surface area contributed by atoms with E-state index in [0.29, 0.717) is 39.7 Å². The third-order valence-corrected chi connectivity index (χ3v) is 10.7. The van der Waals surface area contributed by atoms with Crippen molar-refractivity contribution in [1.29, 1.82) is 0 Å². The Balaban J connectivity index is -0.000000370. The Morgan fingerprint density at radius 1 is 0.660 bits per heavy atom. The molecule has 0 aromatic heterocycles. The minimum Gasteiger partial charge on any atom is -0.549 e. The predicted octanol–water partition coefficient (Wildman–Crippen LogP) is -0.129. The standard InChI is InChI=1S/C14H25F4NO4S.C12H23F4NO2S.C2H3ClO2.Na/c1-13(15,14(16,17)18)7-6-10-24(22,23)9-5-4-8-19(2,3)11-12(20)21;1-11(13,12(14,15)16)7-6-10-20(18,19)9-5-4-8-17(2)3;3-1-2(4)5;/h4-11H2,1-3H3;4-10H2,1-3H3;1H2,(H,4,5);/q;;;+1/p-1. The number of carbonyl (C=O) groups is 2. The fraction of sp³-hybridized carbons (Fsp3) is 0.929. The van der Waals surface area contributed by atoms with Crippen molar-refractivity contribution >= 4 is 43.2 Å². The van der Waals surface area contributed by atoms with Gasteiger partial charge in [0.2, 0.25) is 11.3 Å². The topological polar surface area (TPSA) is 152 Å². The van der Waals surface area contributed by atoms with Crippen LogP contribution in [0.25, 0.3) is 0 Å². The summed E-state index contributed by atoms with van der Waals surface area (Å²) in [4.78, 5) is 21.6. The molecule has 0 saturated carbocycles. The van der Waals surface area contributed by atoms with Gasteiger partial charge in [-0.3, -0.25) is 0 Å². The van der Waals surface area contributed by atoms with Crippen molar-refractivity contribution in [1.82, 2.24) is 4.90 Å². The monoisotopic (exact) mass is 816 g/mol. The molecule has 10 nitrogen and oxygen atoms in total. The molecule has 296 valence electrons. The van der Waals surface area contributed by atoms with E-state index < -0.39 is 92.0 Å². The fourth-order valence-electron chi connectivity index (χ4n) is 3.78. The molecule has 2 atom stereocenters. The molecule has 0 spiro atoms. The van der Waals surface area contributed by atoms with Crippen LogP contribution in [-0.2, 0) is 29.3 Å². The molecular weight excluding hydrogens is 767 g/mol. The average molecular weight is 817 g/mol. The molecule has 0 N–H and O–H groups in total. The summed E-state index contributed by atoms with van der Waals surface area (Å²) in [5, 5.41) is 19.7. The van der Waals surface area contributed by atoms with Gasteiger partial charge in [-0.2, -0.15) is 26.3 Å². The van der Waals surface area contributed by atoms with Gasteiger partial charge in [0.25, 0.3) is 0 Å².